The number of carbonyl (C=O) groups is 3. The fourth-order valence-corrected chi connectivity index (χ4v) is 4.93. The zero-order valence-corrected chi connectivity index (χ0v) is 20.7. The molecule has 0 bridgehead atoms. The van der Waals surface area contributed by atoms with Crippen LogP contribution in [0.1, 0.15) is 51.3 Å². The van der Waals surface area contributed by atoms with Gasteiger partial charge in [-0.1, -0.05) is 24.3 Å². The molecule has 2 aromatic heterocycles. The van der Waals surface area contributed by atoms with Crippen LogP contribution in [0.5, 0.6) is 5.75 Å². The molecule has 1 aliphatic carbocycles. The summed E-state index contributed by atoms with van der Waals surface area (Å²) in [6.45, 7) is 4.04. The molecule has 9 heteroatoms. The first-order valence-electron chi connectivity index (χ1n) is 11.7. The minimum absolute atomic E-state index is 0.00951. The summed E-state index contributed by atoms with van der Waals surface area (Å²) in [6.07, 6.45) is 6.77. The highest BCUT2D eigenvalue weighted by atomic mass is 16.5. The standard InChI is InChI=1S/C23H25N3O2.C4H4O4/c1-14-15(2)26-13-18(22(27)25(3)4)17-10-12-23(28-20(17)21(26)24-14)11-9-16-7-5-6-8-19(16)23;5-3(6)1-2-4(7)8/h5-8,13H,9-12H2,1-4H3;1-2H,(H,5,6)(H,7,8)/b;2-1+. The summed E-state index contributed by atoms with van der Waals surface area (Å²) in [6, 6.07) is 8.59. The maximum atomic E-state index is 12.9. The van der Waals surface area contributed by atoms with E-state index in [4.69, 9.17) is 19.9 Å². The van der Waals surface area contributed by atoms with E-state index in [1.54, 1.807) is 19.0 Å². The van der Waals surface area contributed by atoms with Gasteiger partial charge < -0.3 is 24.3 Å². The largest absolute Gasteiger partial charge is 0.478 e. The monoisotopic (exact) mass is 491 g/mol. The van der Waals surface area contributed by atoms with Gasteiger partial charge in [-0.25, -0.2) is 14.6 Å². The van der Waals surface area contributed by atoms with Crippen LogP contribution in [0.15, 0.2) is 42.6 Å². The zero-order valence-electron chi connectivity index (χ0n) is 20.7. The molecule has 3 heterocycles. The summed E-state index contributed by atoms with van der Waals surface area (Å²) in [5, 5.41) is 15.6. The van der Waals surface area contributed by atoms with Crippen LogP contribution in [0.3, 0.4) is 0 Å². The summed E-state index contributed by atoms with van der Waals surface area (Å²) >= 11 is 0. The molecule has 9 nitrogen and oxygen atoms in total. The summed E-state index contributed by atoms with van der Waals surface area (Å²) in [4.78, 5) is 38.5. The summed E-state index contributed by atoms with van der Waals surface area (Å²) in [5.41, 5.74) is 6.90. The molecule has 1 aromatic carbocycles. The van der Waals surface area contributed by atoms with Crippen LogP contribution in [-0.2, 0) is 28.0 Å². The lowest BCUT2D eigenvalue weighted by atomic mass is 9.85. The van der Waals surface area contributed by atoms with Gasteiger partial charge in [0.05, 0.1) is 11.3 Å². The van der Waals surface area contributed by atoms with Crippen molar-refractivity contribution in [2.45, 2.75) is 45.1 Å². The van der Waals surface area contributed by atoms with Crippen molar-refractivity contribution in [2.24, 2.45) is 0 Å². The van der Waals surface area contributed by atoms with E-state index in [0.717, 1.165) is 54.0 Å². The Bertz CT molecular complexity index is 1390. The predicted molar refractivity (Wildman–Crippen MR) is 132 cm³/mol. The van der Waals surface area contributed by atoms with Crippen LogP contribution in [-0.4, -0.2) is 56.4 Å². The maximum absolute atomic E-state index is 12.9. The molecule has 5 rings (SSSR count). The van der Waals surface area contributed by atoms with Crippen molar-refractivity contribution in [2.75, 3.05) is 14.1 Å². The Balaban J connectivity index is 0.000000331. The van der Waals surface area contributed by atoms with Crippen LogP contribution in [0.4, 0.5) is 0 Å². The Hall–Kier alpha value is -4.14. The summed E-state index contributed by atoms with van der Waals surface area (Å²) in [5.74, 6) is -1.72. The fraction of sp³-hybridized carbons (Fsp3) is 0.333. The molecule has 1 amide bonds. The number of aromatic nitrogens is 2. The Morgan fingerprint density at radius 1 is 1.06 bits per heavy atom. The van der Waals surface area contributed by atoms with E-state index < -0.39 is 11.9 Å². The predicted octanol–water partition coefficient (Wildman–Crippen LogP) is 3.53. The number of hydrogen-bond acceptors (Lipinski definition) is 5. The van der Waals surface area contributed by atoms with Crippen LogP contribution in [0.25, 0.3) is 5.65 Å². The first-order valence-corrected chi connectivity index (χ1v) is 11.7. The van der Waals surface area contributed by atoms with Gasteiger partial charge >= 0.3 is 11.9 Å². The number of carboxylic acids is 2. The van der Waals surface area contributed by atoms with E-state index in [1.165, 1.54) is 11.1 Å². The summed E-state index contributed by atoms with van der Waals surface area (Å²) in [7, 11) is 3.59. The van der Waals surface area contributed by atoms with E-state index in [2.05, 4.69) is 24.3 Å². The third kappa shape index (κ3) is 4.44. The molecular weight excluding hydrogens is 462 g/mol. The van der Waals surface area contributed by atoms with Crippen LogP contribution >= 0.6 is 0 Å². The fourth-order valence-electron chi connectivity index (χ4n) is 4.93. The van der Waals surface area contributed by atoms with Crippen molar-refractivity contribution in [1.29, 1.82) is 0 Å². The number of aliphatic carboxylic acids is 2. The molecule has 0 radical (unpaired) electrons. The number of rotatable bonds is 3. The number of amides is 1. The highest BCUT2D eigenvalue weighted by molar-refractivity contribution is 5.97. The molecule has 0 fully saturated rings. The molecule has 0 saturated heterocycles. The number of imidazole rings is 1. The van der Waals surface area contributed by atoms with Crippen LogP contribution < -0.4 is 4.74 Å². The Kier molecular flexibility index (Phi) is 6.58. The number of nitrogens with zero attached hydrogens (tertiary/aromatic N) is 3. The Morgan fingerprint density at radius 3 is 2.33 bits per heavy atom. The lowest BCUT2D eigenvalue weighted by Gasteiger charge is -2.37. The van der Waals surface area contributed by atoms with Gasteiger partial charge in [-0.15, -0.1) is 0 Å². The zero-order chi connectivity index (χ0) is 26.2. The van der Waals surface area contributed by atoms with E-state index >= 15 is 0 Å². The second-order valence-corrected chi connectivity index (χ2v) is 9.29. The first-order chi connectivity index (χ1) is 17.0. The molecule has 1 aliphatic heterocycles. The number of aryl methyl sites for hydroxylation is 3. The van der Waals surface area contributed by atoms with Crippen molar-refractivity contribution < 1.29 is 29.3 Å². The minimum Gasteiger partial charge on any atom is -0.478 e. The van der Waals surface area contributed by atoms with E-state index in [1.807, 2.05) is 24.4 Å². The molecule has 0 saturated carbocycles. The van der Waals surface area contributed by atoms with Crippen molar-refractivity contribution in [3.8, 4) is 5.75 Å². The molecule has 1 atom stereocenters. The Morgan fingerprint density at radius 2 is 1.69 bits per heavy atom. The SMILES string of the molecule is Cc1nc2c3c(c(C(=O)N(C)C)cn2c1C)CCC1(CCc2ccccc21)O3.O=C(O)/C=C/C(=O)O. The van der Waals surface area contributed by atoms with E-state index in [-0.39, 0.29) is 11.5 Å². The molecule has 1 spiro atoms. The van der Waals surface area contributed by atoms with E-state index in [9.17, 15) is 14.4 Å². The van der Waals surface area contributed by atoms with Gasteiger partial charge in [0.1, 0.15) is 5.60 Å². The molecule has 1 unspecified atom stereocenters. The van der Waals surface area contributed by atoms with Crippen molar-refractivity contribution >= 4 is 23.5 Å². The molecular formula is C27H29N3O6. The highest BCUT2D eigenvalue weighted by Gasteiger charge is 2.45. The molecule has 2 aliphatic rings. The molecule has 36 heavy (non-hydrogen) atoms. The molecule has 188 valence electrons. The van der Waals surface area contributed by atoms with Gasteiger partial charge in [0, 0.05) is 43.7 Å². The van der Waals surface area contributed by atoms with Gasteiger partial charge in [0.25, 0.3) is 5.91 Å². The van der Waals surface area contributed by atoms with Crippen molar-refractivity contribution in [3.05, 3.63) is 76.3 Å². The van der Waals surface area contributed by atoms with E-state index in [0.29, 0.717) is 17.7 Å². The number of pyridine rings is 1. The average molecular weight is 492 g/mol. The van der Waals surface area contributed by atoms with Gasteiger partial charge in [0.15, 0.2) is 11.4 Å². The van der Waals surface area contributed by atoms with Gasteiger partial charge in [-0.3, -0.25) is 4.79 Å². The van der Waals surface area contributed by atoms with Gasteiger partial charge in [-0.05, 0) is 50.7 Å². The molecule has 2 N–H and O–H groups in total. The van der Waals surface area contributed by atoms with Crippen molar-refractivity contribution in [3.63, 3.8) is 0 Å². The lowest BCUT2D eigenvalue weighted by molar-refractivity contribution is -0.134. The smallest absolute Gasteiger partial charge is 0.328 e. The first kappa shape index (κ1) is 25.0. The van der Waals surface area contributed by atoms with Crippen LogP contribution in [0.2, 0.25) is 0 Å². The third-order valence-electron chi connectivity index (χ3n) is 6.83. The second-order valence-electron chi connectivity index (χ2n) is 9.29. The normalized spacial score (nSPS) is 17.8. The number of fused-ring (bicyclic) bond motifs is 5. The van der Waals surface area contributed by atoms with Gasteiger partial charge in [-0.2, -0.15) is 0 Å². The molecule has 3 aromatic rings. The Labute approximate surface area is 208 Å². The lowest BCUT2D eigenvalue weighted by Crippen LogP contribution is -2.36. The van der Waals surface area contributed by atoms with Gasteiger partial charge in [0.2, 0.25) is 0 Å². The minimum atomic E-state index is -1.26. The van der Waals surface area contributed by atoms with Crippen LogP contribution in [0, 0.1) is 13.8 Å². The number of hydrogen-bond donors (Lipinski definition) is 2. The maximum Gasteiger partial charge on any atom is 0.328 e. The summed E-state index contributed by atoms with van der Waals surface area (Å²) < 4.78 is 8.82. The number of ether oxygens (including phenoxy) is 1. The average Bonchev–Trinajstić information content (AvgIpc) is 3.34. The van der Waals surface area contributed by atoms with Crippen molar-refractivity contribution in [1.82, 2.24) is 14.3 Å². The highest BCUT2D eigenvalue weighted by Crippen LogP contribution is 2.49. The topological polar surface area (TPSA) is 121 Å². The number of carbonyl (C=O) groups excluding carboxylic acids is 1. The second kappa shape index (κ2) is 9.49. The number of benzene rings is 1. The number of carboxylic acid groups (broad SMARTS) is 2. The third-order valence-corrected chi connectivity index (χ3v) is 6.83. The quantitative estimate of drug-likeness (QED) is 0.538.